The molecule has 1 aromatic heterocycles. The maximum absolute atomic E-state index is 12.1. The number of aromatic nitrogens is 1. The molecule has 0 spiro atoms. The number of Topliss-reactive ketones (excluding diaryl/α,β-unsaturated/α-hetero) is 1. The zero-order chi connectivity index (χ0) is 15.3. The molecule has 0 aliphatic heterocycles. The first-order chi connectivity index (χ1) is 10.00. The third-order valence-electron chi connectivity index (χ3n) is 2.95. The van der Waals surface area contributed by atoms with Crippen molar-refractivity contribution in [3.63, 3.8) is 0 Å². The molecule has 1 unspecified atom stereocenters. The van der Waals surface area contributed by atoms with Gasteiger partial charge in [0.25, 0.3) is 0 Å². The van der Waals surface area contributed by atoms with Crippen LogP contribution in [0.4, 0.5) is 0 Å². The maximum Gasteiger partial charge on any atom is 0.335 e. The molecule has 6 heteroatoms. The zero-order valence-corrected chi connectivity index (χ0v) is 12.7. The van der Waals surface area contributed by atoms with Crippen LogP contribution in [0.5, 0.6) is 0 Å². The van der Waals surface area contributed by atoms with Gasteiger partial charge >= 0.3 is 7.60 Å². The molecule has 1 N–H and O–H groups in total. The van der Waals surface area contributed by atoms with Crippen molar-refractivity contribution in [3.05, 3.63) is 59.9 Å². The second kappa shape index (κ2) is 6.85. The Kier molecular flexibility index (Phi) is 5.12. The molecule has 0 aliphatic carbocycles. The second-order valence-corrected chi connectivity index (χ2v) is 6.54. The molecule has 2 aromatic rings. The van der Waals surface area contributed by atoms with Gasteiger partial charge < -0.3 is 14.0 Å². The van der Waals surface area contributed by atoms with E-state index in [0.717, 1.165) is 5.56 Å². The van der Waals surface area contributed by atoms with Gasteiger partial charge in [0.2, 0.25) is 0 Å². The van der Waals surface area contributed by atoms with Crippen molar-refractivity contribution in [3.8, 4) is 0 Å². The summed E-state index contributed by atoms with van der Waals surface area (Å²) in [6.07, 6.45) is 3.38. The molecule has 1 heterocycles. The summed E-state index contributed by atoms with van der Waals surface area (Å²) in [5.41, 5.74) is 1.38. The van der Waals surface area contributed by atoms with E-state index in [-0.39, 0.29) is 12.4 Å². The van der Waals surface area contributed by atoms with Crippen molar-refractivity contribution in [1.29, 1.82) is 0 Å². The van der Waals surface area contributed by atoms with E-state index >= 15 is 0 Å². The van der Waals surface area contributed by atoms with E-state index in [9.17, 15) is 14.3 Å². The fourth-order valence-electron chi connectivity index (χ4n) is 2.05. The molecule has 2 rings (SSSR count). The Morgan fingerprint density at radius 3 is 2.67 bits per heavy atom. The average Bonchev–Trinajstić information content (AvgIpc) is 2.91. The molecule has 5 nitrogen and oxygen atoms in total. The van der Waals surface area contributed by atoms with Crippen molar-refractivity contribution in [2.45, 2.75) is 13.5 Å². The monoisotopic (exact) mass is 307 g/mol. The van der Waals surface area contributed by atoms with Crippen LogP contribution in [0.3, 0.4) is 0 Å². The van der Waals surface area contributed by atoms with Crippen molar-refractivity contribution in [2.24, 2.45) is 0 Å². The summed E-state index contributed by atoms with van der Waals surface area (Å²) >= 11 is 0. The summed E-state index contributed by atoms with van der Waals surface area (Å²) in [5, 5.41) is 0. The van der Waals surface area contributed by atoms with Gasteiger partial charge in [-0.05, 0) is 30.7 Å². The normalized spacial score (nSPS) is 13.8. The van der Waals surface area contributed by atoms with Crippen LogP contribution in [0, 0.1) is 0 Å². The van der Waals surface area contributed by atoms with Gasteiger partial charge in [0, 0.05) is 24.5 Å². The second-order valence-electron chi connectivity index (χ2n) is 4.69. The lowest BCUT2D eigenvalue weighted by molar-refractivity contribution is 0.101. The molecule has 21 heavy (non-hydrogen) atoms. The number of ketones is 1. The van der Waals surface area contributed by atoms with Crippen LogP contribution in [0.25, 0.3) is 0 Å². The van der Waals surface area contributed by atoms with Gasteiger partial charge in [-0.3, -0.25) is 9.36 Å². The molecular formula is C15H18NO4P. The summed E-state index contributed by atoms with van der Waals surface area (Å²) in [4.78, 5) is 21.6. The third kappa shape index (κ3) is 4.67. The van der Waals surface area contributed by atoms with Gasteiger partial charge in [-0.1, -0.05) is 18.2 Å². The summed E-state index contributed by atoms with van der Waals surface area (Å²) in [5.74, 6) is -0.386. The number of hydrogen-bond acceptors (Lipinski definition) is 3. The molecule has 1 atom stereocenters. The summed E-state index contributed by atoms with van der Waals surface area (Å²) < 4.78 is 18.4. The number of rotatable bonds is 7. The highest BCUT2D eigenvalue weighted by molar-refractivity contribution is 7.53. The van der Waals surface area contributed by atoms with Crippen LogP contribution in [0.2, 0.25) is 0 Å². The summed E-state index contributed by atoms with van der Waals surface area (Å²) in [7, 11) is -3.84. The lowest BCUT2D eigenvalue weighted by Crippen LogP contribution is -2.08. The van der Waals surface area contributed by atoms with E-state index < -0.39 is 13.8 Å². The maximum atomic E-state index is 12.1. The predicted molar refractivity (Wildman–Crippen MR) is 80.6 cm³/mol. The molecular weight excluding hydrogens is 289 g/mol. The number of nitrogens with zero attached hydrogens (tertiary/aromatic N) is 1. The van der Waals surface area contributed by atoms with Gasteiger partial charge in [0.1, 0.15) is 6.16 Å². The Hall–Kier alpha value is -1.68. The lowest BCUT2D eigenvalue weighted by Gasteiger charge is -2.10. The van der Waals surface area contributed by atoms with E-state index in [1.807, 2.05) is 35.2 Å². The quantitative estimate of drug-likeness (QED) is 0.631. The Labute approximate surface area is 123 Å². The van der Waals surface area contributed by atoms with Crippen LogP contribution < -0.4 is 0 Å². The highest BCUT2D eigenvalue weighted by atomic mass is 31.2. The highest BCUT2D eigenvalue weighted by Crippen LogP contribution is 2.41. The van der Waals surface area contributed by atoms with Crippen molar-refractivity contribution >= 4 is 13.4 Å². The van der Waals surface area contributed by atoms with Crippen LogP contribution in [0.1, 0.15) is 22.8 Å². The van der Waals surface area contributed by atoms with E-state index in [4.69, 9.17) is 4.52 Å². The van der Waals surface area contributed by atoms with E-state index in [1.165, 1.54) is 0 Å². The Morgan fingerprint density at radius 1 is 1.29 bits per heavy atom. The first-order valence-corrected chi connectivity index (χ1v) is 8.46. The number of hydrogen-bond donors (Lipinski definition) is 1. The Balaban J connectivity index is 2.10. The van der Waals surface area contributed by atoms with E-state index in [0.29, 0.717) is 12.1 Å². The fraction of sp³-hybridized carbons (Fsp3) is 0.267. The van der Waals surface area contributed by atoms with Crippen LogP contribution in [-0.2, 0) is 15.6 Å². The van der Waals surface area contributed by atoms with Gasteiger partial charge in [0.15, 0.2) is 5.78 Å². The molecule has 0 saturated heterocycles. The first-order valence-electron chi connectivity index (χ1n) is 6.69. The van der Waals surface area contributed by atoms with Crippen LogP contribution >= 0.6 is 7.60 Å². The van der Waals surface area contributed by atoms with Crippen molar-refractivity contribution in [2.75, 3.05) is 12.8 Å². The minimum absolute atomic E-state index is 0.106. The molecule has 0 amide bonds. The van der Waals surface area contributed by atoms with Gasteiger partial charge in [-0.15, -0.1) is 0 Å². The average molecular weight is 307 g/mol. The highest BCUT2D eigenvalue weighted by Gasteiger charge is 2.24. The minimum Gasteiger partial charge on any atom is -0.350 e. The SMILES string of the molecule is CCOP(=O)(O)CC(=O)c1cccc(Cn2cccc2)c1. The predicted octanol–water partition coefficient (Wildman–Crippen LogP) is 2.94. The van der Waals surface area contributed by atoms with Gasteiger partial charge in [-0.25, -0.2) is 0 Å². The molecule has 0 fully saturated rings. The Bertz CT molecular complexity index is 651. The number of carbonyl (C=O) groups is 1. The van der Waals surface area contributed by atoms with E-state index in [1.54, 1.807) is 25.1 Å². The molecule has 0 radical (unpaired) electrons. The third-order valence-corrected chi connectivity index (χ3v) is 4.30. The lowest BCUT2D eigenvalue weighted by atomic mass is 10.1. The largest absolute Gasteiger partial charge is 0.350 e. The van der Waals surface area contributed by atoms with Crippen LogP contribution in [-0.4, -0.2) is 28.0 Å². The molecule has 1 aromatic carbocycles. The first kappa shape index (κ1) is 15.7. The molecule has 0 aliphatic rings. The van der Waals surface area contributed by atoms with Crippen molar-refractivity contribution in [1.82, 2.24) is 4.57 Å². The summed E-state index contributed by atoms with van der Waals surface area (Å²) in [6, 6.07) is 10.9. The number of benzene rings is 1. The standard InChI is InChI=1S/C15H18NO4P/c1-2-20-21(18,19)12-15(17)14-7-5-6-13(10-14)11-16-8-3-4-9-16/h3-10H,2,11-12H2,1H3,(H,18,19). The fourth-order valence-corrected chi connectivity index (χ4v) is 3.09. The number of carbonyl (C=O) groups excluding carboxylic acids is 1. The van der Waals surface area contributed by atoms with Crippen LogP contribution in [0.15, 0.2) is 48.8 Å². The smallest absolute Gasteiger partial charge is 0.335 e. The van der Waals surface area contributed by atoms with E-state index in [2.05, 4.69) is 0 Å². The summed E-state index contributed by atoms with van der Waals surface area (Å²) in [6.45, 7) is 2.37. The molecule has 112 valence electrons. The molecule has 0 bridgehead atoms. The molecule has 0 saturated carbocycles. The van der Waals surface area contributed by atoms with Gasteiger partial charge in [-0.2, -0.15) is 0 Å². The topological polar surface area (TPSA) is 68.5 Å². The van der Waals surface area contributed by atoms with Gasteiger partial charge in [0.05, 0.1) is 6.61 Å². The Morgan fingerprint density at radius 2 is 2.00 bits per heavy atom. The minimum atomic E-state index is -3.84. The zero-order valence-electron chi connectivity index (χ0n) is 11.8. The van der Waals surface area contributed by atoms with Crippen molar-refractivity contribution < 1.29 is 18.8 Å².